The lowest BCUT2D eigenvalue weighted by Crippen LogP contribution is -1.94. The van der Waals surface area contributed by atoms with E-state index in [2.05, 4.69) is 0 Å². The van der Waals surface area contributed by atoms with Crippen LogP contribution in [0.1, 0.15) is 5.56 Å². The number of phenols is 1. The minimum absolute atomic E-state index is 0. The van der Waals surface area contributed by atoms with Crippen molar-refractivity contribution in [1.29, 1.82) is 0 Å². The third-order valence-electron chi connectivity index (χ3n) is 1.17. The summed E-state index contributed by atoms with van der Waals surface area (Å²) in [6.45, 7) is 0.528. The van der Waals surface area contributed by atoms with Gasteiger partial charge >= 0.3 is 0 Å². The van der Waals surface area contributed by atoms with E-state index in [1.807, 2.05) is 0 Å². The van der Waals surface area contributed by atoms with E-state index in [-0.39, 0.29) is 22.7 Å². The highest BCUT2D eigenvalue weighted by Gasteiger charge is 1.86. The molecule has 1 aromatic rings. The molecule has 0 fully saturated rings. The SMILES string of the molecule is Br.NCc1ccc(O)cc1. The molecule has 3 heteroatoms. The lowest BCUT2D eigenvalue weighted by molar-refractivity contribution is 0.475. The van der Waals surface area contributed by atoms with Gasteiger partial charge in [0.25, 0.3) is 0 Å². The second-order valence-corrected chi connectivity index (χ2v) is 1.87. The molecule has 3 N–H and O–H groups in total. The van der Waals surface area contributed by atoms with Crippen molar-refractivity contribution < 1.29 is 5.11 Å². The Balaban J connectivity index is 0.000000810. The molecule has 2 nitrogen and oxygen atoms in total. The number of nitrogens with two attached hydrogens (primary N) is 1. The van der Waals surface area contributed by atoms with Gasteiger partial charge in [0.15, 0.2) is 0 Å². The van der Waals surface area contributed by atoms with E-state index >= 15 is 0 Å². The summed E-state index contributed by atoms with van der Waals surface area (Å²) >= 11 is 0. The van der Waals surface area contributed by atoms with Crippen LogP contribution in [-0.2, 0) is 6.54 Å². The van der Waals surface area contributed by atoms with Crippen LogP contribution >= 0.6 is 17.0 Å². The minimum atomic E-state index is 0. The molecule has 0 heterocycles. The average molecular weight is 204 g/mol. The molecule has 10 heavy (non-hydrogen) atoms. The van der Waals surface area contributed by atoms with Gasteiger partial charge in [-0.2, -0.15) is 0 Å². The largest absolute Gasteiger partial charge is 0.508 e. The Hall–Kier alpha value is -0.540. The molecule has 0 unspecified atom stereocenters. The maximum atomic E-state index is 8.81. The van der Waals surface area contributed by atoms with Crippen LogP contribution in [0.25, 0.3) is 0 Å². The lowest BCUT2D eigenvalue weighted by Gasteiger charge is -1.93. The summed E-state index contributed by atoms with van der Waals surface area (Å²) < 4.78 is 0. The predicted molar refractivity (Wildman–Crippen MR) is 46.3 cm³/mol. The highest BCUT2D eigenvalue weighted by atomic mass is 79.9. The van der Waals surface area contributed by atoms with Crippen LogP contribution in [0.15, 0.2) is 24.3 Å². The molecular weight excluding hydrogens is 194 g/mol. The van der Waals surface area contributed by atoms with Gasteiger partial charge in [0, 0.05) is 6.54 Å². The molecule has 0 spiro atoms. The van der Waals surface area contributed by atoms with E-state index < -0.39 is 0 Å². The van der Waals surface area contributed by atoms with Gasteiger partial charge in [-0.25, -0.2) is 0 Å². The molecule has 0 saturated carbocycles. The maximum absolute atomic E-state index is 8.81. The van der Waals surface area contributed by atoms with Gasteiger partial charge in [-0.1, -0.05) is 12.1 Å². The van der Waals surface area contributed by atoms with Crippen LogP contribution in [0.3, 0.4) is 0 Å². The van der Waals surface area contributed by atoms with Gasteiger partial charge in [0.2, 0.25) is 0 Å². The van der Waals surface area contributed by atoms with Crippen LogP contribution in [-0.4, -0.2) is 5.11 Å². The Morgan fingerprint density at radius 2 is 1.70 bits per heavy atom. The molecule has 0 radical (unpaired) electrons. The number of aromatic hydroxyl groups is 1. The van der Waals surface area contributed by atoms with Crippen molar-refractivity contribution >= 4 is 17.0 Å². The summed E-state index contributed by atoms with van der Waals surface area (Å²) in [6.07, 6.45) is 0. The Morgan fingerprint density at radius 3 is 2.10 bits per heavy atom. The van der Waals surface area contributed by atoms with E-state index in [0.717, 1.165) is 5.56 Å². The lowest BCUT2D eigenvalue weighted by atomic mass is 10.2. The third kappa shape index (κ3) is 2.37. The average Bonchev–Trinajstić information content (AvgIpc) is 1.90. The molecule has 0 aromatic heterocycles. The molecule has 1 aromatic carbocycles. The zero-order chi connectivity index (χ0) is 6.69. The minimum Gasteiger partial charge on any atom is -0.508 e. The second-order valence-electron chi connectivity index (χ2n) is 1.87. The van der Waals surface area contributed by atoms with Gasteiger partial charge in [0.1, 0.15) is 5.75 Å². The summed E-state index contributed by atoms with van der Waals surface area (Å²) in [5, 5.41) is 8.81. The second kappa shape index (κ2) is 4.30. The molecule has 0 saturated heterocycles. The van der Waals surface area contributed by atoms with Gasteiger partial charge in [0.05, 0.1) is 0 Å². The van der Waals surface area contributed by atoms with Gasteiger partial charge < -0.3 is 10.8 Å². The quantitative estimate of drug-likeness (QED) is 0.726. The Morgan fingerprint density at radius 1 is 1.20 bits per heavy atom. The number of hydrogen-bond acceptors (Lipinski definition) is 2. The van der Waals surface area contributed by atoms with Gasteiger partial charge in [-0.05, 0) is 17.7 Å². The number of phenolic OH excluding ortho intramolecular Hbond substituents is 1. The summed E-state index contributed by atoms with van der Waals surface area (Å²) in [5.74, 6) is 0.284. The van der Waals surface area contributed by atoms with Gasteiger partial charge in [-0.15, -0.1) is 17.0 Å². The van der Waals surface area contributed by atoms with E-state index in [9.17, 15) is 0 Å². The Kier molecular flexibility index (Phi) is 4.07. The van der Waals surface area contributed by atoms with Crippen molar-refractivity contribution in [1.82, 2.24) is 0 Å². The van der Waals surface area contributed by atoms with Crippen LogP contribution in [0.5, 0.6) is 5.75 Å². The van der Waals surface area contributed by atoms with E-state index in [0.29, 0.717) is 6.54 Å². The zero-order valence-electron chi connectivity index (χ0n) is 5.45. The molecule has 0 aliphatic carbocycles. The van der Waals surface area contributed by atoms with Crippen LogP contribution in [0.4, 0.5) is 0 Å². The third-order valence-corrected chi connectivity index (χ3v) is 1.17. The number of benzene rings is 1. The first kappa shape index (κ1) is 9.46. The number of hydrogen-bond donors (Lipinski definition) is 2. The van der Waals surface area contributed by atoms with E-state index in [1.54, 1.807) is 24.3 Å². The van der Waals surface area contributed by atoms with Crippen molar-refractivity contribution in [3.63, 3.8) is 0 Å². The maximum Gasteiger partial charge on any atom is 0.115 e. The zero-order valence-corrected chi connectivity index (χ0v) is 7.16. The topological polar surface area (TPSA) is 46.2 Å². The molecule has 56 valence electrons. The highest BCUT2D eigenvalue weighted by Crippen LogP contribution is 2.08. The van der Waals surface area contributed by atoms with Crippen LogP contribution in [0.2, 0.25) is 0 Å². The van der Waals surface area contributed by atoms with Crippen molar-refractivity contribution in [2.75, 3.05) is 0 Å². The molecule has 1 rings (SSSR count). The first-order valence-corrected chi connectivity index (χ1v) is 2.81. The highest BCUT2D eigenvalue weighted by molar-refractivity contribution is 8.93. The van der Waals surface area contributed by atoms with Crippen molar-refractivity contribution in [3.8, 4) is 5.75 Å². The first-order chi connectivity index (χ1) is 4.33. The summed E-state index contributed by atoms with van der Waals surface area (Å²) in [4.78, 5) is 0. The standard InChI is InChI=1S/C7H9NO.BrH/c8-5-6-1-3-7(9)4-2-6;/h1-4,9H,5,8H2;1H. The number of rotatable bonds is 1. The van der Waals surface area contributed by atoms with E-state index in [4.69, 9.17) is 10.8 Å². The van der Waals surface area contributed by atoms with Crippen molar-refractivity contribution in [2.24, 2.45) is 5.73 Å². The molecule has 0 atom stereocenters. The number of halogens is 1. The Bertz CT molecular complexity index is 185. The van der Waals surface area contributed by atoms with Crippen molar-refractivity contribution in [2.45, 2.75) is 6.54 Å². The fourth-order valence-electron chi connectivity index (χ4n) is 0.632. The molecule has 0 aliphatic heterocycles. The Labute approximate surface area is 70.4 Å². The smallest absolute Gasteiger partial charge is 0.115 e. The molecule has 0 aliphatic rings. The monoisotopic (exact) mass is 203 g/mol. The van der Waals surface area contributed by atoms with Crippen LogP contribution in [0, 0.1) is 0 Å². The van der Waals surface area contributed by atoms with Gasteiger partial charge in [-0.3, -0.25) is 0 Å². The fourth-order valence-corrected chi connectivity index (χ4v) is 0.632. The molecule has 0 bridgehead atoms. The van der Waals surface area contributed by atoms with Crippen LogP contribution < -0.4 is 5.73 Å². The van der Waals surface area contributed by atoms with Crippen molar-refractivity contribution in [3.05, 3.63) is 29.8 Å². The predicted octanol–water partition coefficient (Wildman–Crippen LogP) is 1.43. The fraction of sp³-hybridized carbons (Fsp3) is 0.143. The summed E-state index contributed by atoms with van der Waals surface area (Å²) in [5.41, 5.74) is 6.35. The normalized spacial score (nSPS) is 8.50. The first-order valence-electron chi connectivity index (χ1n) is 2.81. The summed E-state index contributed by atoms with van der Waals surface area (Å²) in [6, 6.07) is 6.86. The summed E-state index contributed by atoms with van der Waals surface area (Å²) in [7, 11) is 0. The molecule has 0 amide bonds. The molecular formula is C7H10BrNO. The van der Waals surface area contributed by atoms with E-state index in [1.165, 1.54) is 0 Å².